The van der Waals surface area contributed by atoms with E-state index in [1.165, 1.54) is 31.7 Å². The van der Waals surface area contributed by atoms with Gasteiger partial charge in [0.15, 0.2) is 0 Å². The van der Waals surface area contributed by atoms with Gasteiger partial charge in [0, 0.05) is 6.54 Å². The first-order valence-electron chi connectivity index (χ1n) is 6.13. The third-order valence-electron chi connectivity index (χ3n) is 3.49. The second-order valence-electron chi connectivity index (χ2n) is 4.91. The number of nitrogens with zero attached hydrogens (tertiary/aromatic N) is 1. The maximum absolute atomic E-state index is 13.6. The molecule has 1 N–H and O–H groups in total. The summed E-state index contributed by atoms with van der Waals surface area (Å²) in [7, 11) is 0. The van der Waals surface area contributed by atoms with Crippen LogP contribution in [0, 0.1) is 22.6 Å². The van der Waals surface area contributed by atoms with Crippen LogP contribution in [0.4, 0.5) is 10.1 Å². The van der Waals surface area contributed by atoms with Gasteiger partial charge in [-0.25, -0.2) is 4.39 Å². The minimum absolute atomic E-state index is 0.337. The van der Waals surface area contributed by atoms with Gasteiger partial charge < -0.3 is 5.32 Å². The normalized spacial score (nSPS) is 16.3. The van der Waals surface area contributed by atoms with Crippen LogP contribution in [0.2, 0.25) is 0 Å². The van der Waals surface area contributed by atoms with Crippen molar-refractivity contribution in [2.75, 3.05) is 11.9 Å². The number of nitriles is 1. The summed E-state index contributed by atoms with van der Waals surface area (Å²) in [4.78, 5) is 0. The molecule has 2 rings (SSSR count). The summed E-state index contributed by atoms with van der Waals surface area (Å²) < 4.78 is 13.6. The highest BCUT2D eigenvalue weighted by atomic mass is 19.1. The standard InChI is InChI=1S/C14H17FN2/c1-2-5-14(6-7-14)10-17-13-4-3-11(9-16)8-12(13)15/h3-4,8,17H,2,5-7,10H2,1H3. The molecule has 0 aromatic heterocycles. The lowest BCUT2D eigenvalue weighted by Crippen LogP contribution is -2.15. The van der Waals surface area contributed by atoms with Crippen LogP contribution in [0.15, 0.2) is 18.2 Å². The molecule has 0 atom stereocenters. The molecule has 0 radical (unpaired) electrons. The van der Waals surface area contributed by atoms with Gasteiger partial charge in [-0.2, -0.15) is 5.26 Å². The number of anilines is 1. The van der Waals surface area contributed by atoms with Crippen molar-refractivity contribution < 1.29 is 4.39 Å². The molecule has 2 nitrogen and oxygen atoms in total. The predicted molar refractivity (Wildman–Crippen MR) is 66.2 cm³/mol. The van der Waals surface area contributed by atoms with Crippen molar-refractivity contribution >= 4 is 5.69 Å². The summed E-state index contributed by atoms with van der Waals surface area (Å²) in [5, 5.41) is 11.8. The van der Waals surface area contributed by atoms with Crippen LogP contribution in [0.3, 0.4) is 0 Å². The first-order valence-corrected chi connectivity index (χ1v) is 6.13. The van der Waals surface area contributed by atoms with Crippen LogP contribution in [0.5, 0.6) is 0 Å². The van der Waals surface area contributed by atoms with E-state index in [0.29, 0.717) is 16.7 Å². The Labute approximate surface area is 101 Å². The van der Waals surface area contributed by atoms with Crippen molar-refractivity contribution in [1.82, 2.24) is 0 Å². The first-order chi connectivity index (χ1) is 8.19. The van der Waals surface area contributed by atoms with Crippen molar-refractivity contribution in [1.29, 1.82) is 5.26 Å². The number of rotatable bonds is 5. The molecule has 0 amide bonds. The molecule has 0 aliphatic heterocycles. The van der Waals surface area contributed by atoms with E-state index >= 15 is 0 Å². The zero-order chi connectivity index (χ0) is 12.3. The fourth-order valence-corrected chi connectivity index (χ4v) is 2.23. The first kappa shape index (κ1) is 11.9. The molecule has 0 bridgehead atoms. The van der Waals surface area contributed by atoms with Gasteiger partial charge in [0.05, 0.1) is 17.3 Å². The monoisotopic (exact) mass is 232 g/mol. The van der Waals surface area contributed by atoms with Gasteiger partial charge in [0.25, 0.3) is 0 Å². The number of halogens is 1. The molecule has 90 valence electrons. The van der Waals surface area contributed by atoms with Crippen molar-refractivity contribution in [3.05, 3.63) is 29.6 Å². The molecule has 3 heteroatoms. The van der Waals surface area contributed by atoms with E-state index < -0.39 is 0 Å². The van der Waals surface area contributed by atoms with Crippen LogP contribution in [-0.4, -0.2) is 6.54 Å². The van der Waals surface area contributed by atoms with E-state index in [1.807, 2.05) is 6.07 Å². The molecular formula is C14H17FN2. The predicted octanol–water partition coefficient (Wildman–Crippen LogP) is 3.69. The largest absolute Gasteiger partial charge is 0.382 e. The molecule has 17 heavy (non-hydrogen) atoms. The molecule has 0 saturated heterocycles. The van der Waals surface area contributed by atoms with E-state index in [0.717, 1.165) is 6.54 Å². The van der Waals surface area contributed by atoms with Gasteiger partial charge in [0.2, 0.25) is 0 Å². The maximum Gasteiger partial charge on any atom is 0.147 e. The lowest BCUT2D eigenvalue weighted by molar-refractivity contribution is 0.484. The highest BCUT2D eigenvalue weighted by Gasteiger charge is 2.41. The number of hydrogen-bond donors (Lipinski definition) is 1. The highest BCUT2D eigenvalue weighted by molar-refractivity contribution is 5.49. The second kappa shape index (κ2) is 4.75. The van der Waals surface area contributed by atoms with Crippen LogP contribution < -0.4 is 5.32 Å². The molecule has 1 fully saturated rings. The minimum atomic E-state index is -0.337. The molecule has 0 unspecified atom stereocenters. The molecule has 0 heterocycles. The van der Waals surface area contributed by atoms with Gasteiger partial charge in [-0.1, -0.05) is 13.3 Å². The van der Waals surface area contributed by atoms with E-state index in [4.69, 9.17) is 5.26 Å². The zero-order valence-electron chi connectivity index (χ0n) is 10.1. The Hall–Kier alpha value is -1.56. The Bertz CT molecular complexity index is 444. The molecule has 1 saturated carbocycles. The fraction of sp³-hybridized carbons (Fsp3) is 0.500. The number of nitrogens with one attached hydrogen (secondary N) is 1. The quantitative estimate of drug-likeness (QED) is 0.840. The SMILES string of the molecule is CCCC1(CNc2ccc(C#N)cc2F)CC1. The Morgan fingerprint density at radius 2 is 2.24 bits per heavy atom. The smallest absolute Gasteiger partial charge is 0.147 e. The van der Waals surface area contributed by atoms with Crippen LogP contribution >= 0.6 is 0 Å². The average molecular weight is 232 g/mol. The number of benzene rings is 1. The van der Waals surface area contributed by atoms with Crippen LogP contribution in [0.25, 0.3) is 0 Å². The van der Waals surface area contributed by atoms with Gasteiger partial charge in [-0.15, -0.1) is 0 Å². The highest BCUT2D eigenvalue weighted by Crippen LogP contribution is 2.49. The van der Waals surface area contributed by atoms with E-state index in [9.17, 15) is 4.39 Å². The molecular weight excluding hydrogens is 215 g/mol. The number of hydrogen-bond acceptors (Lipinski definition) is 2. The van der Waals surface area contributed by atoms with Gasteiger partial charge in [-0.05, 0) is 42.9 Å². The molecule has 1 aliphatic carbocycles. The summed E-state index contributed by atoms with van der Waals surface area (Å²) in [6, 6.07) is 6.50. The summed E-state index contributed by atoms with van der Waals surface area (Å²) >= 11 is 0. The minimum Gasteiger partial charge on any atom is -0.382 e. The van der Waals surface area contributed by atoms with Gasteiger partial charge in [-0.3, -0.25) is 0 Å². The maximum atomic E-state index is 13.6. The fourth-order valence-electron chi connectivity index (χ4n) is 2.23. The van der Waals surface area contributed by atoms with Gasteiger partial charge >= 0.3 is 0 Å². The molecule has 0 spiro atoms. The summed E-state index contributed by atoms with van der Waals surface area (Å²) in [5.74, 6) is -0.337. The van der Waals surface area contributed by atoms with Crippen molar-refractivity contribution in [3.8, 4) is 6.07 Å². The lowest BCUT2D eigenvalue weighted by Gasteiger charge is -2.16. The Balaban J connectivity index is 1.98. The van der Waals surface area contributed by atoms with Crippen molar-refractivity contribution in [2.45, 2.75) is 32.6 Å². The molecule has 1 aromatic rings. The Kier molecular flexibility index (Phi) is 3.33. The van der Waals surface area contributed by atoms with Crippen molar-refractivity contribution in [3.63, 3.8) is 0 Å². The topological polar surface area (TPSA) is 35.8 Å². The second-order valence-corrected chi connectivity index (χ2v) is 4.91. The Morgan fingerprint density at radius 3 is 2.76 bits per heavy atom. The van der Waals surface area contributed by atoms with Gasteiger partial charge in [0.1, 0.15) is 5.82 Å². The van der Waals surface area contributed by atoms with E-state index in [-0.39, 0.29) is 5.82 Å². The van der Waals surface area contributed by atoms with E-state index in [2.05, 4.69) is 12.2 Å². The van der Waals surface area contributed by atoms with E-state index in [1.54, 1.807) is 12.1 Å². The summed E-state index contributed by atoms with van der Waals surface area (Å²) in [6.07, 6.45) is 4.87. The Morgan fingerprint density at radius 1 is 1.47 bits per heavy atom. The van der Waals surface area contributed by atoms with Crippen molar-refractivity contribution in [2.24, 2.45) is 5.41 Å². The third-order valence-corrected chi connectivity index (χ3v) is 3.49. The third kappa shape index (κ3) is 2.76. The lowest BCUT2D eigenvalue weighted by atomic mass is 10.0. The summed E-state index contributed by atoms with van der Waals surface area (Å²) in [6.45, 7) is 3.02. The summed E-state index contributed by atoms with van der Waals surface area (Å²) in [5.41, 5.74) is 1.27. The average Bonchev–Trinajstić information content (AvgIpc) is 3.08. The van der Waals surface area contributed by atoms with Crippen LogP contribution in [-0.2, 0) is 0 Å². The molecule has 1 aliphatic rings. The van der Waals surface area contributed by atoms with Crippen LogP contribution in [0.1, 0.15) is 38.2 Å². The zero-order valence-corrected chi connectivity index (χ0v) is 10.1. The molecule has 1 aromatic carbocycles.